The second-order valence-electron chi connectivity index (χ2n) is 5.05. The summed E-state index contributed by atoms with van der Waals surface area (Å²) < 4.78 is 0. The quantitative estimate of drug-likeness (QED) is 0.802. The molecule has 1 saturated carbocycles. The number of aryl methyl sites for hydroxylation is 1. The van der Waals surface area contributed by atoms with Crippen LogP contribution in [0.15, 0.2) is 0 Å². The van der Waals surface area contributed by atoms with Crippen LogP contribution in [0.25, 0.3) is 0 Å². The van der Waals surface area contributed by atoms with Crippen LogP contribution in [0.4, 0.5) is 0 Å². The third kappa shape index (κ3) is 3.49. The Morgan fingerprint density at radius 2 is 2.00 bits per heavy atom. The van der Waals surface area contributed by atoms with E-state index in [9.17, 15) is 0 Å². The van der Waals surface area contributed by atoms with Gasteiger partial charge >= 0.3 is 0 Å². The van der Waals surface area contributed by atoms with Gasteiger partial charge in [0, 0.05) is 12.5 Å². The fraction of sp³-hybridized carbons (Fsp3) is 0.917. The van der Waals surface area contributed by atoms with Crippen molar-refractivity contribution < 1.29 is 0 Å². The Labute approximate surface area is 103 Å². The van der Waals surface area contributed by atoms with Crippen LogP contribution in [-0.2, 0) is 13.5 Å². The summed E-state index contributed by atoms with van der Waals surface area (Å²) in [5.74, 6) is 1.63. The molecule has 0 spiro atoms. The molecule has 5 nitrogen and oxygen atoms in total. The van der Waals surface area contributed by atoms with Crippen LogP contribution in [0.1, 0.15) is 44.3 Å². The summed E-state index contributed by atoms with van der Waals surface area (Å²) in [5.41, 5.74) is 0. The molecule has 1 unspecified atom stereocenters. The predicted molar refractivity (Wildman–Crippen MR) is 66.5 cm³/mol. The van der Waals surface area contributed by atoms with E-state index >= 15 is 0 Å². The molecule has 96 valence electrons. The van der Waals surface area contributed by atoms with Crippen LogP contribution >= 0.6 is 0 Å². The molecular weight excluding hydrogens is 214 g/mol. The maximum atomic E-state index is 4.27. The molecule has 0 radical (unpaired) electrons. The second-order valence-corrected chi connectivity index (χ2v) is 5.05. The number of aromatic nitrogens is 4. The normalized spacial score (nSPS) is 20.1. The summed E-state index contributed by atoms with van der Waals surface area (Å²) in [6.07, 6.45) is 9.12. The lowest BCUT2D eigenvalue weighted by Gasteiger charge is -2.24. The smallest absolute Gasteiger partial charge is 0.176 e. The molecule has 5 heteroatoms. The summed E-state index contributed by atoms with van der Waals surface area (Å²) in [5, 5.41) is 15.7. The van der Waals surface area contributed by atoms with Crippen molar-refractivity contribution in [1.29, 1.82) is 0 Å². The Morgan fingerprint density at radius 3 is 2.53 bits per heavy atom. The zero-order chi connectivity index (χ0) is 12.1. The van der Waals surface area contributed by atoms with Gasteiger partial charge in [0.1, 0.15) is 0 Å². The monoisotopic (exact) mass is 237 g/mol. The highest BCUT2D eigenvalue weighted by Gasteiger charge is 2.23. The summed E-state index contributed by atoms with van der Waals surface area (Å²) in [6.45, 7) is 0. The van der Waals surface area contributed by atoms with E-state index in [4.69, 9.17) is 0 Å². The largest absolute Gasteiger partial charge is 0.316 e. The average Bonchev–Trinajstić information content (AvgIpc) is 2.58. The Hall–Kier alpha value is -0.970. The van der Waals surface area contributed by atoms with Gasteiger partial charge in [-0.25, -0.2) is 0 Å². The third-order valence-corrected chi connectivity index (χ3v) is 3.79. The first-order valence-corrected chi connectivity index (χ1v) is 6.69. The van der Waals surface area contributed by atoms with E-state index < -0.39 is 0 Å². The van der Waals surface area contributed by atoms with Gasteiger partial charge in [-0.05, 0) is 31.0 Å². The molecule has 0 amide bonds. The molecular formula is C12H23N5. The highest BCUT2D eigenvalue weighted by atomic mass is 15.6. The fourth-order valence-electron chi connectivity index (χ4n) is 2.82. The Balaban J connectivity index is 1.95. The lowest BCUT2D eigenvalue weighted by Crippen LogP contribution is -2.35. The van der Waals surface area contributed by atoms with Crippen LogP contribution in [0.5, 0.6) is 0 Å². The highest BCUT2D eigenvalue weighted by molar-refractivity contribution is 4.88. The summed E-state index contributed by atoms with van der Waals surface area (Å²) in [7, 11) is 3.86. The topological polar surface area (TPSA) is 55.6 Å². The molecule has 1 aromatic heterocycles. The van der Waals surface area contributed by atoms with E-state index in [1.165, 1.54) is 43.3 Å². The standard InChI is InChI=1S/C12H23N5/c1-13-11(9-12-14-16-17(2)15-12)10-7-5-3-4-6-8-10/h10-11,13H,3-9H2,1-2H3. The number of hydrogen-bond acceptors (Lipinski definition) is 4. The summed E-state index contributed by atoms with van der Waals surface area (Å²) in [4.78, 5) is 1.54. The van der Waals surface area contributed by atoms with Crippen molar-refractivity contribution in [1.82, 2.24) is 25.5 Å². The van der Waals surface area contributed by atoms with Crippen molar-refractivity contribution in [3.8, 4) is 0 Å². The maximum Gasteiger partial charge on any atom is 0.176 e. The maximum absolute atomic E-state index is 4.27. The van der Waals surface area contributed by atoms with Crippen LogP contribution in [0.2, 0.25) is 0 Å². The zero-order valence-electron chi connectivity index (χ0n) is 10.9. The van der Waals surface area contributed by atoms with E-state index in [2.05, 4.69) is 20.7 Å². The lowest BCUT2D eigenvalue weighted by molar-refractivity contribution is 0.328. The minimum atomic E-state index is 0.498. The van der Waals surface area contributed by atoms with Gasteiger partial charge in [-0.15, -0.1) is 10.2 Å². The molecule has 1 heterocycles. The first-order chi connectivity index (χ1) is 8.29. The Bertz CT molecular complexity index is 327. The summed E-state index contributed by atoms with van der Waals surface area (Å²) in [6, 6.07) is 0.498. The number of nitrogens with zero attached hydrogens (tertiary/aromatic N) is 4. The van der Waals surface area contributed by atoms with E-state index in [-0.39, 0.29) is 0 Å². The Morgan fingerprint density at radius 1 is 1.29 bits per heavy atom. The van der Waals surface area contributed by atoms with Gasteiger partial charge in [-0.2, -0.15) is 4.80 Å². The molecule has 0 aromatic carbocycles. The molecule has 0 bridgehead atoms. The minimum absolute atomic E-state index is 0.498. The van der Waals surface area contributed by atoms with E-state index in [0.717, 1.165) is 18.2 Å². The molecule has 1 fully saturated rings. The molecule has 17 heavy (non-hydrogen) atoms. The lowest BCUT2D eigenvalue weighted by atomic mass is 9.90. The van der Waals surface area contributed by atoms with Crippen molar-refractivity contribution in [2.75, 3.05) is 7.05 Å². The van der Waals surface area contributed by atoms with Gasteiger partial charge in [0.05, 0.1) is 7.05 Å². The second kappa shape index (κ2) is 6.10. The molecule has 2 rings (SSSR count). The number of tetrazole rings is 1. The van der Waals surface area contributed by atoms with Gasteiger partial charge < -0.3 is 5.32 Å². The van der Waals surface area contributed by atoms with Crippen molar-refractivity contribution in [2.24, 2.45) is 13.0 Å². The van der Waals surface area contributed by atoms with Crippen LogP contribution in [-0.4, -0.2) is 33.3 Å². The van der Waals surface area contributed by atoms with E-state index in [1.54, 1.807) is 0 Å². The predicted octanol–water partition coefficient (Wildman–Crippen LogP) is 1.31. The average molecular weight is 237 g/mol. The number of nitrogens with one attached hydrogen (secondary N) is 1. The van der Waals surface area contributed by atoms with Crippen molar-refractivity contribution >= 4 is 0 Å². The molecule has 1 atom stereocenters. The van der Waals surface area contributed by atoms with Crippen LogP contribution in [0.3, 0.4) is 0 Å². The van der Waals surface area contributed by atoms with Gasteiger partial charge in [0.15, 0.2) is 5.82 Å². The van der Waals surface area contributed by atoms with Crippen molar-refractivity contribution in [2.45, 2.75) is 51.0 Å². The SMILES string of the molecule is CNC(Cc1nnn(C)n1)C1CCCCCC1. The number of hydrogen-bond donors (Lipinski definition) is 1. The molecule has 1 aliphatic rings. The Kier molecular flexibility index (Phi) is 4.48. The molecule has 1 aromatic rings. The van der Waals surface area contributed by atoms with E-state index in [1.807, 2.05) is 14.1 Å². The van der Waals surface area contributed by atoms with Gasteiger partial charge in [-0.3, -0.25) is 0 Å². The van der Waals surface area contributed by atoms with Crippen molar-refractivity contribution in [3.05, 3.63) is 5.82 Å². The minimum Gasteiger partial charge on any atom is -0.316 e. The van der Waals surface area contributed by atoms with Gasteiger partial charge in [0.2, 0.25) is 0 Å². The van der Waals surface area contributed by atoms with Gasteiger partial charge in [0.25, 0.3) is 0 Å². The first kappa shape index (κ1) is 12.5. The molecule has 0 aliphatic heterocycles. The number of rotatable bonds is 4. The fourth-order valence-corrected chi connectivity index (χ4v) is 2.82. The van der Waals surface area contributed by atoms with Crippen LogP contribution < -0.4 is 5.32 Å². The van der Waals surface area contributed by atoms with E-state index in [0.29, 0.717) is 6.04 Å². The number of likely N-dealkylation sites (N-methyl/N-ethyl adjacent to an activating group) is 1. The molecule has 1 N–H and O–H groups in total. The van der Waals surface area contributed by atoms with Crippen LogP contribution in [0, 0.1) is 5.92 Å². The van der Waals surface area contributed by atoms with Gasteiger partial charge in [-0.1, -0.05) is 25.7 Å². The highest BCUT2D eigenvalue weighted by Crippen LogP contribution is 2.26. The molecule has 1 aliphatic carbocycles. The third-order valence-electron chi connectivity index (χ3n) is 3.79. The summed E-state index contributed by atoms with van der Waals surface area (Å²) >= 11 is 0. The molecule has 0 saturated heterocycles. The van der Waals surface area contributed by atoms with Crippen molar-refractivity contribution in [3.63, 3.8) is 0 Å². The first-order valence-electron chi connectivity index (χ1n) is 6.69. The zero-order valence-corrected chi connectivity index (χ0v) is 10.9.